The number of hydrogen-bond donors (Lipinski definition) is 0. The maximum Gasteiger partial charge on any atom is 0.221 e. The van der Waals surface area contributed by atoms with Crippen LogP contribution in [-0.2, 0) is 0 Å². The molecule has 0 saturated carbocycles. The molecule has 0 radical (unpaired) electrons. The van der Waals surface area contributed by atoms with Gasteiger partial charge in [-0.25, -0.2) is 4.68 Å². The average Bonchev–Trinajstić information content (AvgIpc) is 3.59. The predicted molar refractivity (Wildman–Crippen MR) is 128 cm³/mol. The van der Waals surface area contributed by atoms with E-state index in [0.717, 1.165) is 27.6 Å². The summed E-state index contributed by atoms with van der Waals surface area (Å²) in [6, 6.07) is 28.9. The summed E-state index contributed by atoms with van der Waals surface area (Å²) in [6.45, 7) is 0. The van der Waals surface area contributed by atoms with Crippen molar-refractivity contribution in [1.82, 2.24) is 9.78 Å². The molecule has 0 unspecified atom stereocenters. The van der Waals surface area contributed by atoms with Gasteiger partial charge >= 0.3 is 0 Å². The van der Waals surface area contributed by atoms with Gasteiger partial charge in [0.1, 0.15) is 16.9 Å². The fourth-order valence-electron chi connectivity index (χ4n) is 3.86. The molecule has 0 aliphatic carbocycles. The van der Waals surface area contributed by atoms with Gasteiger partial charge in [0.05, 0.1) is 5.69 Å². The van der Waals surface area contributed by atoms with Crippen molar-refractivity contribution in [2.75, 3.05) is 0 Å². The van der Waals surface area contributed by atoms with Crippen LogP contribution in [0.1, 0.15) is 16.1 Å². The Morgan fingerprint density at radius 3 is 2.18 bits per heavy atom. The van der Waals surface area contributed by atoms with Crippen LogP contribution in [0.15, 0.2) is 112 Å². The fourth-order valence-corrected chi connectivity index (χ4v) is 3.86. The van der Waals surface area contributed by atoms with Crippen LogP contribution in [0.5, 0.6) is 0 Å². The summed E-state index contributed by atoms with van der Waals surface area (Å²) in [4.78, 5) is 12.8. The van der Waals surface area contributed by atoms with Crippen LogP contribution in [-0.4, -0.2) is 15.6 Å². The van der Waals surface area contributed by atoms with Gasteiger partial charge in [-0.05, 0) is 48.6 Å². The molecule has 0 atom stereocenters. The summed E-state index contributed by atoms with van der Waals surface area (Å²) in [6.07, 6.45) is 5.15. The Balaban J connectivity index is 1.41. The lowest BCUT2D eigenvalue weighted by molar-refractivity contribution is 0.102. The highest BCUT2D eigenvalue weighted by Gasteiger charge is 2.16. The molecule has 3 aromatic carbocycles. The van der Waals surface area contributed by atoms with Crippen molar-refractivity contribution in [2.24, 2.45) is 0 Å². The lowest BCUT2D eigenvalue weighted by atomic mass is 10.1. The Morgan fingerprint density at radius 1 is 0.788 bits per heavy atom. The molecule has 0 N–H and O–H groups in total. The molecule has 6 rings (SSSR count). The normalized spacial score (nSPS) is 11.6. The quantitative estimate of drug-likeness (QED) is 0.220. The number of carbonyl (C=O) groups is 1. The van der Waals surface area contributed by atoms with E-state index in [9.17, 15) is 4.79 Å². The summed E-state index contributed by atoms with van der Waals surface area (Å²) in [5.41, 5.74) is 3.81. The minimum Gasteiger partial charge on any atom is -0.454 e. The summed E-state index contributed by atoms with van der Waals surface area (Å²) in [5.74, 6) is 0.726. The van der Waals surface area contributed by atoms with Crippen molar-refractivity contribution in [3.8, 4) is 17.1 Å². The molecular weight excluding hydrogens is 412 g/mol. The van der Waals surface area contributed by atoms with E-state index in [1.165, 1.54) is 6.08 Å². The van der Waals surface area contributed by atoms with Crippen molar-refractivity contribution in [1.29, 1.82) is 0 Å². The number of ketones is 1. The van der Waals surface area contributed by atoms with E-state index in [4.69, 9.17) is 13.9 Å². The molecule has 5 heteroatoms. The highest BCUT2D eigenvalue weighted by molar-refractivity contribution is 6.07. The van der Waals surface area contributed by atoms with Gasteiger partial charge in [-0.15, -0.1) is 0 Å². The lowest BCUT2D eigenvalue weighted by Gasteiger charge is -1.98. The molecule has 0 amide bonds. The molecule has 6 aromatic rings. The molecule has 33 heavy (non-hydrogen) atoms. The first-order valence-electron chi connectivity index (χ1n) is 10.6. The van der Waals surface area contributed by atoms with Crippen molar-refractivity contribution in [3.05, 3.63) is 115 Å². The van der Waals surface area contributed by atoms with E-state index in [2.05, 4.69) is 0 Å². The number of carbonyl (C=O) groups excluding carboxylic acids is 1. The second-order valence-electron chi connectivity index (χ2n) is 7.71. The molecule has 0 spiro atoms. The summed E-state index contributed by atoms with van der Waals surface area (Å²) in [5, 5.41) is 6.66. The van der Waals surface area contributed by atoms with Gasteiger partial charge in [0.2, 0.25) is 5.78 Å². The summed E-state index contributed by atoms with van der Waals surface area (Å²) in [7, 11) is 0. The third kappa shape index (κ3) is 3.55. The van der Waals surface area contributed by atoms with Crippen molar-refractivity contribution in [3.63, 3.8) is 0 Å². The van der Waals surface area contributed by atoms with E-state index < -0.39 is 0 Å². The van der Waals surface area contributed by atoms with Gasteiger partial charge in [0, 0.05) is 22.5 Å². The monoisotopic (exact) mass is 430 g/mol. The van der Waals surface area contributed by atoms with E-state index in [0.29, 0.717) is 22.8 Å². The smallest absolute Gasteiger partial charge is 0.221 e. The fraction of sp³-hybridized carbons (Fsp3) is 0. The van der Waals surface area contributed by atoms with Crippen LogP contribution in [0.2, 0.25) is 0 Å². The summed E-state index contributed by atoms with van der Waals surface area (Å²) < 4.78 is 13.6. The minimum atomic E-state index is -0.214. The van der Waals surface area contributed by atoms with E-state index in [1.807, 2.05) is 91.1 Å². The van der Waals surface area contributed by atoms with Gasteiger partial charge in [0.15, 0.2) is 11.5 Å². The maximum absolute atomic E-state index is 12.8. The largest absolute Gasteiger partial charge is 0.454 e. The zero-order valence-corrected chi connectivity index (χ0v) is 17.5. The Kier molecular flexibility index (Phi) is 4.51. The molecule has 0 fully saturated rings. The number of hydrogen-bond acceptors (Lipinski definition) is 4. The molecule has 158 valence electrons. The Hall–Kier alpha value is -4.64. The van der Waals surface area contributed by atoms with Crippen molar-refractivity contribution in [2.45, 2.75) is 0 Å². The average molecular weight is 430 g/mol. The number of fused-ring (bicyclic) bond motifs is 2. The van der Waals surface area contributed by atoms with Crippen LogP contribution in [0, 0.1) is 0 Å². The maximum atomic E-state index is 12.8. The van der Waals surface area contributed by atoms with E-state index in [1.54, 1.807) is 16.8 Å². The number of para-hydroxylation sites is 3. The molecule has 3 heterocycles. The third-order valence-corrected chi connectivity index (χ3v) is 5.50. The molecule has 5 nitrogen and oxygen atoms in total. The molecule has 0 aliphatic heterocycles. The van der Waals surface area contributed by atoms with Crippen LogP contribution in [0.4, 0.5) is 0 Å². The third-order valence-electron chi connectivity index (χ3n) is 5.50. The van der Waals surface area contributed by atoms with E-state index in [-0.39, 0.29) is 5.78 Å². The highest BCUT2D eigenvalue weighted by atomic mass is 16.3. The minimum absolute atomic E-state index is 0.214. The molecule has 0 bridgehead atoms. The first-order valence-corrected chi connectivity index (χ1v) is 10.6. The lowest BCUT2D eigenvalue weighted by Crippen LogP contribution is -1.93. The number of aromatic nitrogens is 2. The van der Waals surface area contributed by atoms with Crippen molar-refractivity contribution < 1.29 is 13.6 Å². The Labute approximate surface area is 189 Å². The van der Waals surface area contributed by atoms with Gasteiger partial charge in [0.25, 0.3) is 0 Å². The standard InChI is InChI=1S/C28H18N2O3/c31-23(26-16-19-8-4-6-12-24(19)32-26)15-14-21-18-30(22-10-2-1-3-11-22)29-28(21)27-17-20-9-5-7-13-25(20)33-27/h1-18H/b15-14+. The van der Waals surface area contributed by atoms with Crippen LogP contribution in [0.25, 0.3) is 45.2 Å². The first-order chi connectivity index (χ1) is 16.2. The number of nitrogens with zero attached hydrogens (tertiary/aromatic N) is 2. The van der Waals surface area contributed by atoms with Gasteiger partial charge in [-0.1, -0.05) is 54.6 Å². The Bertz CT molecular complexity index is 1570. The summed E-state index contributed by atoms with van der Waals surface area (Å²) >= 11 is 0. The number of allylic oxidation sites excluding steroid dienone is 1. The molecular formula is C28H18N2O3. The zero-order chi connectivity index (χ0) is 22.2. The Morgan fingerprint density at radius 2 is 1.45 bits per heavy atom. The van der Waals surface area contributed by atoms with E-state index >= 15 is 0 Å². The van der Waals surface area contributed by atoms with Crippen LogP contribution in [0.3, 0.4) is 0 Å². The van der Waals surface area contributed by atoms with Crippen molar-refractivity contribution >= 4 is 33.8 Å². The number of furan rings is 2. The highest BCUT2D eigenvalue weighted by Crippen LogP contribution is 2.30. The van der Waals surface area contributed by atoms with Gasteiger partial charge < -0.3 is 8.83 Å². The van der Waals surface area contributed by atoms with Gasteiger partial charge in [-0.2, -0.15) is 5.10 Å². The van der Waals surface area contributed by atoms with Crippen LogP contribution >= 0.6 is 0 Å². The zero-order valence-electron chi connectivity index (χ0n) is 17.5. The van der Waals surface area contributed by atoms with Gasteiger partial charge in [-0.3, -0.25) is 4.79 Å². The van der Waals surface area contributed by atoms with Crippen LogP contribution < -0.4 is 0 Å². The number of benzene rings is 3. The molecule has 3 aromatic heterocycles. The first kappa shape index (κ1) is 19.1. The SMILES string of the molecule is O=C(/C=C/c1cn(-c2ccccc2)nc1-c1cc2ccccc2o1)c1cc2ccccc2o1. The molecule has 0 saturated heterocycles. The predicted octanol–water partition coefficient (Wildman–Crippen LogP) is 6.93. The topological polar surface area (TPSA) is 61.2 Å². The second-order valence-corrected chi connectivity index (χ2v) is 7.71. The second kappa shape index (κ2) is 7.80. The molecule has 0 aliphatic rings. The number of rotatable bonds is 5.